The van der Waals surface area contributed by atoms with E-state index in [9.17, 15) is 4.79 Å². The number of carbonyl (C=O) groups excluding carboxylic acids is 1. The quantitative estimate of drug-likeness (QED) is 0.809. The van der Waals surface area contributed by atoms with E-state index in [-0.39, 0.29) is 12.4 Å². The molecule has 0 aromatic carbocycles. The van der Waals surface area contributed by atoms with E-state index >= 15 is 0 Å². The number of halogens is 1. The number of rotatable bonds is 6. The van der Waals surface area contributed by atoms with E-state index in [0.717, 1.165) is 38.9 Å². The highest BCUT2D eigenvalue weighted by Crippen LogP contribution is 2.22. The summed E-state index contributed by atoms with van der Waals surface area (Å²) in [7, 11) is 1.98. The predicted octanol–water partition coefficient (Wildman–Crippen LogP) is 2.55. The average molecular weight is 277 g/mol. The van der Waals surface area contributed by atoms with Crippen molar-refractivity contribution < 1.29 is 4.79 Å². The topological polar surface area (TPSA) is 32.3 Å². The first-order valence-electron chi connectivity index (χ1n) is 7.00. The Labute approximate surface area is 118 Å². The molecule has 18 heavy (non-hydrogen) atoms. The van der Waals surface area contributed by atoms with Crippen LogP contribution < -0.4 is 5.32 Å². The molecule has 0 aliphatic carbocycles. The van der Waals surface area contributed by atoms with E-state index in [2.05, 4.69) is 31.0 Å². The fraction of sp³-hybridized carbons (Fsp3) is 0.929. The molecule has 0 aromatic rings. The van der Waals surface area contributed by atoms with Gasteiger partial charge in [-0.1, -0.05) is 27.2 Å². The Morgan fingerprint density at radius 3 is 2.61 bits per heavy atom. The lowest BCUT2D eigenvalue weighted by Gasteiger charge is -2.23. The summed E-state index contributed by atoms with van der Waals surface area (Å²) >= 11 is 0. The van der Waals surface area contributed by atoms with Crippen LogP contribution in [0.3, 0.4) is 0 Å². The van der Waals surface area contributed by atoms with Crippen LogP contribution in [0, 0.1) is 17.8 Å². The molecular formula is C14H29ClN2O. The molecule has 1 aliphatic rings. The minimum Gasteiger partial charge on any atom is -0.342 e. The third kappa shape index (κ3) is 5.15. The minimum absolute atomic E-state index is 0. The summed E-state index contributed by atoms with van der Waals surface area (Å²) in [4.78, 5) is 14.2. The van der Waals surface area contributed by atoms with Crippen LogP contribution in [-0.4, -0.2) is 37.5 Å². The van der Waals surface area contributed by atoms with Crippen molar-refractivity contribution in [2.45, 2.75) is 40.0 Å². The van der Waals surface area contributed by atoms with Crippen molar-refractivity contribution in [3.8, 4) is 0 Å². The Bertz CT molecular complexity index is 246. The molecule has 108 valence electrons. The summed E-state index contributed by atoms with van der Waals surface area (Å²) in [6, 6.07) is 0. The smallest absolute Gasteiger partial charge is 0.222 e. The molecule has 0 saturated carbocycles. The Balaban J connectivity index is 0.00000289. The molecule has 0 spiro atoms. The summed E-state index contributed by atoms with van der Waals surface area (Å²) in [6.07, 6.45) is 3.00. The first kappa shape index (κ1) is 17.7. The van der Waals surface area contributed by atoms with E-state index < -0.39 is 0 Å². The second kappa shape index (κ2) is 8.76. The van der Waals surface area contributed by atoms with Gasteiger partial charge in [-0.3, -0.25) is 4.79 Å². The molecule has 1 heterocycles. The molecule has 2 unspecified atom stereocenters. The Morgan fingerprint density at radius 2 is 2.11 bits per heavy atom. The second-order valence-corrected chi connectivity index (χ2v) is 5.67. The molecule has 1 rings (SSSR count). The molecule has 3 nitrogen and oxygen atoms in total. The monoisotopic (exact) mass is 276 g/mol. The second-order valence-electron chi connectivity index (χ2n) is 5.67. The minimum atomic E-state index is 0. The van der Waals surface area contributed by atoms with Crippen LogP contribution in [0.2, 0.25) is 0 Å². The molecule has 0 bridgehead atoms. The van der Waals surface area contributed by atoms with Gasteiger partial charge in [0.1, 0.15) is 0 Å². The summed E-state index contributed by atoms with van der Waals surface area (Å²) in [6.45, 7) is 9.56. The lowest BCUT2D eigenvalue weighted by atomic mass is 9.90. The number of amides is 1. The predicted molar refractivity (Wildman–Crippen MR) is 79.1 cm³/mol. The number of hydrogen-bond donors (Lipinski definition) is 1. The summed E-state index contributed by atoms with van der Waals surface area (Å²) in [5, 5.41) is 3.20. The van der Waals surface area contributed by atoms with Gasteiger partial charge in [0.05, 0.1) is 0 Å². The van der Waals surface area contributed by atoms with Gasteiger partial charge in [0.2, 0.25) is 5.91 Å². The maximum absolute atomic E-state index is 12.2. The lowest BCUT2D eigenvalue weighted by Crippen LogP contribution is -2.32. The zero-order valence-electron chi connectivity index (χ0n) is 12.2. The van der Waals surface area contributed by atoms with Crippen molar-refractivity contribution in [3.05, 3.63) is 0 Å². The van der Waals surface area contributed by atoms with E-state index in [1.165, 1.54) is 0 Å². The molecule has 4 heteroatoms. The summed E-state index contributed by atoms with van der Waals surface area (Å²) in [5.41, 5.74) is 0. The van der Waals surface area contributed by atoms with Crippen LogP contribution in [0.25, 0.3) is 0 Å². The van der Waals surface area contributed by atoms with Crippen molar-refractivity contribution in [1.82, 2.24) is 10.2 Å². The van der Waals surface area contributed by atoms with Crippen LogP contribution in [0.4, 0.5) is 0 Å². The number of hydrogen-bond acceptors (Lipinski definition) is 2. The van der Waals surface area contributed by atoms with Crippen molar-refractivity contribution in [2.75, 3.05) is 26.7 Å². The van der Waals surface area contributed by atoms with Crippen molar-refractivity contribution in [1.29, 1.82) is 0 Å². The highest BCUT2D eigenvalue weighted by atomic mass is 35.5. The Kier molecular flexibility index (Phi) is 8.62. The molecule has 1 aliphatic heterocycles. The number of carbonyl (C=O) groups is 1. The first-order valence-corrected chi connectivity index (χ1v) is 7.00. The van der Waals surface area contributed by atoms with E-state index in [1.54, 1.807) is 0 Å². The van der Waals surface area contributed by atoms with E-state index in [0.29, 0.717) is 23.7 Å². The van der Waals surface area contributed by atoms with E-state index in [4.69, 9.17) is 0 Å². The largest absolute Gasteiger partial charge is 0.342 e. The van der Waals surface area contributed by atoms with Gasteiger partial charge in [-0.25, -0.2) is 0 Å². The molecule has 0 radical (unpaired) electrons. The average Bonchev–Trinajstić information content (AvgIpc) is 2.74. The zero-order chi connectivity index (χ0) is 12.8. The van der Waals surface area contributed by atoms with E-state index in [1.807, 2.05) is 7.05 Å². The molecule has 1 N–H and O–H groups in total. The number of likely N-dealkylation sites (tertiary alicyclic amines) is 1. The maximum atomic E-state index is 12.2. The van der Waals surface area contributed by atoms with Crippen LogP contribution >= 0.6 is 12.4 Å². The van der Waals surface area contributed by atoms with Gasteiger partial charge in [-0.2, -0.15) is 0 Å². The zero-order valence-corrected chi connectivity index (χ0v) is 13.1. The van der Waals surface area contributed by atoms with Crippen molar-refractivity contribution in [3.63, 3.8) is 0 Å². The first-order chi connectivity index (χ1) is 8.08. The van der Waals surface area contributed by atoms with Gasteiger partial charge in [0.15, 0.2) is 0 Å². The highest BCUT2D eigenvalue weighted by molar-refractivity contribution is 5.85. The van der Waals surface area contributed by atoms with Gasteiger partial charge in [0.25, 0.3) is 0 Å². The standard InChI is InChI=1S/C14H28N2O.ClH/c1-5-13(11(2)3)8-14(17)16-7-6-12(10-16)9-15-4;/h11-13,15H,5-10H2,1-4H3;1H. The van der Waals surface area contributed by atoms with Crippen LogP contribution in [0.15, 0.2) is 0 Å². The van der Waals surface area contributed by atoms with Crippen LogP contribution in [-0.2, 0) is 4.79 Å². The highest BCUT2D eigenvalue weighted by Gasteiger charge is 2.27. The molecular weight excluding hydrogens is 248 g/mol. The molecule has 2 atom stereocenters. The molecule has 1 amide bonds. The fourth-order valence-corrected chi connectivity index (χ4v) is 2.72. The third-order valence-electron chi connectivity index (χ3n) is 4.04. The molecule has 1 saturated heterocycles. The van der Waals surface area contributed by atoms with Crippen LogP contribution in [0.5, 0.6) is 0 Å². The number of nitrogens with one attached hydrogen (secondary N) is 1. The Morgan fingerprint density at radius 1 is 1.44 bits per heavy atom. The molecule has 1 fully saturated rings. The SMILES string of the molecule is CCC(CC(=O)N1CCC(CNC)C1)C(C)C.Cl. The lowest BCUT2D eigenvalue weighted by molar-refractivity contribution is -0.131. The normalized spacial score (nSPS) is 20.9. The number of nitrogens with zero attached hydrogens (tertiary/aromatic N) is 1. The van der Waals surface area contributed by atoms with Crippen molar-refractivity contribution in [2.24, 2.45) is 17.8 Å². The van der Waals surface area contributed by atoms with Gasteiger partial charge < -0.3 is 10.2 Å². The van der Waals surface area contributed by atoms with Gasteiger partial charge >= 0.3 is 0 Å². The van der Waals surface area contributed by atoms with Gasteiger partial charge in [0, 0.05) is 19.5 Å². The fourth-order valence-electron chi connectivity index (χ4n) is 2.72. The Hall–Kier alpha value is -0.280. The van der Waals surface area contributed by atoms with Gasteiger partial charge in [-0.15, -0.1) is 12.4 Å². The van der Waals surface area contributed by atoms with Gasteiger partial charge in [-0.05, 0) is 37.8 Å². The summed E-state index contributed by atoms with van der Waals surface area (Å²) < 4.78 is 0. The maximum Gasteiger partial charge on any atom is 0.222 e. The van der Waals surface area contributed by atoms with Crippen molar-refractivity contribution >= 4 is 18.3 Å². The summed E-state index contributed by atoms with van der Waals surface area (Å²) in [5.74, 6) is 2.18. The third-order valence-corrected chi connectivity index (χ3v) is 4.04. The molecule has 0 aromatic heterocycles. The van der Waals surface area contributed by atoms with Crippen LogP contribution in [0.1, 0.15) is 40.0 Å².